The molecule has 1 aliphatic rings. The summed E-state index contributed by atoms with van der Waals surface area (Å²) in [4.78, 5) is 9.86. The first kappa shape index (κ1) is 19.9. The smallest absolute Gasteiger partial charge is 0.129 e. The van der Waals surface area contributed by atoms with Gasteiger partial charge in [0.1, 0.15) is 12.9 Å². The van der Waals surface area contributed by atoms with E-state index in [1.807, 2.05) is 122 Å². The second-order valence-electron chi connectivity index (χ2n) is 4.60. The highest BCUT2D eigenvalue weighted by Gasteiger charge is 1.76. The first-order valence-electron chi connectivity index (χ1n) is 8.10. The Morgan fingerprint density at radius 2 is 0.680 bits per heavy atom. The fourth-order valence-electron chi connectivity index (χ4n) is 1.48. The van der Waals surface area contributed by atoms with E-state index in [0.29, 0.717) is 6.61 Å². The molecule has 0 unspecified atom stereocenters. The maximum Gasteiger partial charge on any atom is 0.129 e. The molecule has 0 aromatic rings. The summed E-state index contributed by atoms with van der Waals surface area (Å²) < 4.78 is 0. The predicted molar refractivity (Wildman–Crippen MR) is 108 cm³/mol. The van der Waals surface area contributed by atoms with Crippen LogP contribution >= 0.6 is 0 Å². The monoisotopic (exact) mass is 332 g/mol. The first-order valence-corrected chi connectivity index (χ1v) is 8.10. The second-order valence-corrected chi connectivity index (χ2v) is 4.60. The zero-order chi connectivity index (χ0) is 17.7. The van der Waals surface area contributed by atoms with Crippen LogP contribution in [0.15, 0.2) is 134 Å². The van der Waals surface area contributed by atoms with Crippen LogP contribution in [0.5, 0.6) is 0 Å². The standard InChI is InChI=1S/C23H24O2/c1-2-4-6-8-10-12-14-16-18-20-22-24-25-23-21-19-17-15-13-11-9-7-5-3-1/h1-22H,23H2/b2-1-,5-3-,6-4-,9-7-,10-8-,13-11-,14-12-,17-15-,18-16+,21-19?,22-20-. The third-order valence-electron chi connectivity index (χ3n) is 2.61. The van der Waals surface area contributed by atoms with Crippen LogP contribution in [0, 0.1) is 0 Å². The molecule has 0 saturated heterocycles. The van der Waals surface area contributed by atoms with Gasteiger partial charge < -0.3 is 4.89 Å². The van der Waals surface area contributed by atoms with Crippen molar-refractivity contribution in [1.82, 2.24) is 0 Å². The molecule has 0 N–H and O–H groups in total. The largest absolute Gasteiger partial charge is 0.345 e. The van der Waals surface area contributed by atoms with Crippen LogP contribution in [0.25, 0.3) is 0 Å². The van der Waals surface area contributed by atoms with Gasteiger partial charge in [0.15, 0.2) is 0 Å². The van der Waals surface area contributed by atoms with Crippen LogP contribution in [0.3, 0.4) is 0 Å². The van der Waals surface area contributed by atoms with Crippen molar-refractivity contribution in [3.63, 3.8) is 0 Å². The van der Waals surface area contributed by atoms with Gasteiger partial charge in [-0.05, 0) is 6.08 Å². The molecule has 25 heavy (non-hydrogen) atoms. The Hall–Kier alpha value is -3.10. The minimum Gasteiger partial charge on any atom is -0.345 e. The molecule has 0 aliphatic carbocycles. The van der Waals surface area contributed by atoms with Gasteiger partial charge in [-0.15, -0.1) is 0 Å². The number of hydrogen-bond acceptors (Lipinski definition) is 2. The lowest BCUT2D eigenvalue weighted by atomic mass is 10.3. The van der Waals surface area contributed by atoms with Crippen molar-refractivity contribution in [3.05, 3.63) is 134 Å². The molecule has 0 aromatic carbocycles. The van der Waals surface area contributed by atoms with E-state index < -0.39 is 0 Å². The molecular weight excluding hydrogens is 308 g/mol. The lowest BCUT2D eigenvalue weighted by molar-refractivity contribution is -0.238. The van der Waals surface area contributed by atoms with Crippen molar-refractivity contribution in [2.75, 3.05) is 6.61 Å². The average Bonchev–Trinajstić information content (AvgIpc) is 2.62. The zero-order valence-electron chi connectivity index (χ0n) is 14.2. The normalized spacial score (nSPS) is 29.4. The van der Waals surface area contributed by atoms with Gasteiger partial charge in [-0.1, -0.05) is 122 Å². The number of hydrogen-bond donors (Lipinski definition) is 0. The van der Waals surface area contributed by atoms with Gasteiger partial charge in [-0.25, -0.2) is 0 Å². The van der Waals surface area contributed by atoms with E-state index in [1.54, 1.807) is 6.08 Å². The minimum absolute atomic E-state index is 0.387. The van der Waals surface area contributed by atoms with E-state index in [2.05, 4.69) is 0 Å². The van der Waals surface area contributed by atoms with Crippen molar-refractivity contribution >= 4 is 0 Å². The van der Waals surface area contributed by atoms with E-state index in [0.717, 1.165) is 0 Å². The maximum atomic E-state index is 4.96. The third-order valence-corrected chi connectivity index (χ3v) is 2.61. The van der Waals surface area contributed by atoms with Gasteiger partial charge in [0, 0.05) is 0 Å². The molecule has 0 bridgehead atoms. The fraction of sp³-hybridized carbons (Fsp3) is 0.0435. The van der Waals surface area contributed by atoms with Crippen molar-refractivity contribution in [2.45, 2.75) is 0 Å². The molecule has 1 aliphatic heterocycles. The Balaban J connectivity index is 2.57. The molecule has 1 heterocycles. The van der Waals surface area contributed by atoms with Crippen LogP contribution in [0.2, 0.25) is 0 Å². The molecule has 128 valence electrons. The van der Waals surface area contributed by atoms with Gasteiger partial charge >= 0.3 is 0 Å². The summed E-state index contributed by atoms with van der Waals surface area (Å²) >= 11 is 0. The molecule has 1 rings (SSSR count). The summed E-state index contributed by atoms with van der Waals surface area (Å²) in [6.07, 6.45) is 42.3. The van der Waals surface area contributed by atoms with Crippen molar-refractivity contribution < 1.29 is 9.78 Å². The van der Waals surface area contributed by atoms with Gasteiger partial charge in [-0.3, -0.25) is 0 Å². The van der Waals surface area contributed by atoms with E-state index in [-0.39, 0.29) is 0 Å². The molecule has 2 heteroatoms. The summed E-state index contributed by atoms with van der Waals surface area (Å²) in [5, 5.41) is 0. The Labute approximate surface area is 150 Å². The molecule has 0 atom stereocenters. The van der Waals surface area contributed by atoms with Gasteiger partial charge in [0.25, 0.3) is 0 Å². The van der Waals surface area contributed by atoms with E-state index in [9.17, 15) is 0 Å². The van der Waals surface area contributed by atoms with Gasteiger partial charge in [-0.2, -0.15) is 4.89 Å². The number of allylic oxidation sites excluding steroid dienone is 20. The highest BCUT2D eigenvalue weighted by molar-refractivity contribution is 5.22. The van der Waals surface area contributed by atoms with Crippen LogP contribution in [-0.2, 0) is 9.78 Å². The van der Waals surface area contributed by atoms with Crippen molar-refractivity contribution in [3.8, 4) is 0 Å². The molecule has 0 amide bonds. The highest BCUT2D eigenvalue weighted by Crippen LogP contribution is 1.89. The topological polar surface area (TPSA) is 18.5 Å². The quantitative estimate of drug-likeness (QED) is 0.505. The fourth-order valence-corrected chi connectivity index (χ4v) is 1.48. The Bertz CT molecular complexity index is 590. The Morgan fingerprint density at radius 3 is 1.08 bits per heavy atom. The second kappa shape index (κ2) is 17.3. The van der Waals surface area contributed by atoms with Crippen LogP contribution in [-0.4, -0.2) is 6.61 Å². The highest BCUT2D eigenvalue weighted by atomic mass is 17.2. The zero-order valence-corrected chi connectivity index (χ0v) is 14.2. The SMILES string of the molecule is C1=CCOO\C=C/C=C/C=C\C=C/C=C\C=C/C=C\C=C/C=C\C=C/1. The van der Waals surface area contributed by atoms with Crippen LogP contribution < -0.4 is 0 Å². The van der Waals surface area contributed by atoms with Crippen molar-refractivity contribution in [1.29, 1.82) is 0 Å². The summed E-state index contributed by atoms with van der Waals surface area (Å²) in [6.45, 7) is 0.387. The van der Waals surface area contributed by atoms with Crippen LogP contribution in [0.4, 0.5) is 0 Å². The minimum atomic E-state index is 0.387. The molecule has 0 radical (unpaired) electrons. The average molecular weight is 332 g/mol. The lowest BCUT2D eigenvalue weighted by Gasteiger charge is -1.93. The van der Waals surface area contributed by atoms with Crippen molar-refractivity contribution in [2.24, 2.45) is 0 Å². The van der Waals surface area contributed by atoms with E-state index >= 15 is 0 Å². The van der Waals surface area contributed by atoms with Crippen LogP contribution in [0.1, 0.15) is 0 Å². The summed E-state index contributed by atoms with van der Waals surface area (Å²) in [5.41, 5.74) is 0. The lowest BCUT2D eigenvalue weighted by Crippen LogP contribution is -1.86. The summed E-state index contributed by atoms with van der Waals surface area (Å²) in [7, 11) is 0. The summed E-state index contributed by atoms with van der Waals surface area (Å²) in [6, 6.07) is 0. The molecule has 2 nitrogen and oxygen atoms in total. The van der Waals surface area contributed by atoms with Gasteiger partial charge in [0.05, 0.1) is 0 Å². The molecule has 0 saturated carbocycles. The predicted octanol–water partition coefficient (Wildman–Crippen LogP) is 6.02. The Kier molecular flexibility index (Phi) is 13.8. The summed E-state index contributed by atoms with van der Waals surface area (Å²) in [5.74, 6) is 0. The van der Waals surface area contributed by atoms with E-state index in [1.165, 1.54) is 6.26 Å². The molecular formula is C23H24O2. The molecule has 0 aromatic heterocycles. The number of rotatable bonds is 0. The molecule has 0 spiro atoms. The molecule has 0 fully saturated rings. The first-order chi connectivity index (χ1) is 12.5. The third kappa shape index (κ3) is 15.6. The van der Waals surface area contributed by atoms with Gasteiger partial charge in [0.2, 0.25) is 0 Å². The maximum absolute atomic E-state index is 4.96. The van der Waals surface area contributed by atoms with E-state index in [4.69, 9.17) is 9.78 Å². The Morgan fingerprint density at radius 1 is 0.360 bits per heavy atom.